The average Bonchev–Trinajstić information content (AvgIpc) is 2.50. The first-order valence-corrected chi connectivity index (χ1v) is 6.77. The zero-order valence-corrected chi connectivity index (χ0v) is 11.8. The molecule has 1 aromatic carbocycles. The van der Waals surface area contributed by atoms with Crippen molar-refractivity contribution < 1.29 is 4.79 Å². The Labute approximate surface area is 119 Å². The summed E-state index contributed by atoms with van der Waals surface area (Å²) in [6, 6.07) is 11.6. The van der Waals surface area contributed by atoms with Crippen molar-refractivity contribution in [2.75, 3.05) is 10.6 Å². The van der Waals surface area contributed by atoms with Crippen LogP contribution in [0.5, 0.6) is 0 Å². The van der Waals surface area contributed by atoms with Gasteiger partial charge in [0.2, 0.25) is 0 Å². The summed E-state index contributed by atoms with van der Waals surface area (Å²) in [6.45, 7) is 4.28. The molecule has 4 nitrogen and oxygen atoms in total. The Hall–Kier alpha value is -2.36. The third-order valence-corrected chi connectivity index (χ3v) is 3.09. The van der Waals surface area contributed by atoms with E-state index in [2.05, 4.69) is 29.5 Å². The minimum absolute atomic E-state index is 0.152. The predicted octanol–water partition coefficient (Wildman–Crippen LogP) is 3.54. The molecule has 2 aromatic rings. The van der Waals surface area contributed by atoms with Crippen LogP contribution in [0.4, 0.5) is 11.4 Å². The molecule has 0 spiro atoms. The first-order chi connectivity index (χ1) is 9.69. The van der Waals surface area contributed by atoms with Gasteiger partial charge in [-0.05, 0) is 49.7 Å². The van der Waals surface area contributed by atoms with Crippen LogP contribution in [0.1, 0.15) is 30.6 Å². The van der Waals surface area contributed by atoms with Crippen LogP contribution in [-0.2, 0) is 0 Å². The molecule has 4 heteroatoms. The summed E-state index contributed by atoms with van der Waals surface area (Å²) in [4.78, 5) is 15.9. The van der Waals surface area contributed by atoms with Gasteiger partial charge in [-0.25, -0.2) is 0 Å². The molecule has 1 aromatic heterocycles. The number of nitrogens with one attached hydrogen (secondary N) is 2. The molecule has 1 heterocycles. The largest absolute Gasteiger partial charge is 0.383 e. The van der Waals surface area contributed by atoms with Crippen LogP contribution in [-0.4, -0.2) is 16.9 Å². The second-order valence-corrected chi connectivity index (χ2v) is 4.73. The van der Waals surface area contributed by atoms with Crippen LogP contribution in [0.3, 0.4) is 0 Å². The van der Waals surface area contributed by atoms with E-state index in [1.807, 2.05) is 24.3 Å². The van der Waals surface area contributed by atoms with Gasteiger partial charge in [0.15, 0.2) is 0 Å². The number of hydrogen-bond acceptors (Lipinski definition) is 3. The average molecular weight is 269 g/mol. The van der Waals surface area contributed by atoms with Gasteiger partial charge >= 0.3 is 0 Å². The van der Waals surface area contributed by atoms with Crippen LogP contribution >= 0.6 is 0 Å². The summed E-state index contributed by atoms with van der Waals surface area (Å²) in [6.07, 6.45) is 4.26. The molecule has 0 saturated carbocycles. The van der Waals surface area contributed by atoms with Crippen LogP contribution < -0.4 is 10.6 Å². The number of aromatic nitrogens is 1. The number of pyridine rings is 1. The lowest BCUT2D eigenvalue weighted by atomic mass is 10.2. The first-order valence-electron chi connectivity index (χ1n) is 6.77. The zero-order chi connectivity index (χ0) is 14.4. The van der Waals surface area contributed by atoms with Gasteiger partial charge in [-0.15, -0.1) is 0 Å². The molecular weight excluding hydrogens is 250 g/mol. The van der Waals surface area contributed by atoms with Crippen molar-refractivity contribution in [1.82, 2.24) is 4.98 Å². The molecule has 0 aliphatic heterocycles. The summed E-state index contributed by atoms with van der Waals surface area (Å²) < 4.78 is 0. The highest BCUT2D eigenvalue weighted by molar-refractivity contribution is 6.04. The Balaban J connectivity index is 1.99. The maximum absolute atomic E-state index is 12.0. The Bertz CT molecular complexity index is 552. The van der Waals surface area contributed by atoms with Crippen molar-refractivity contribution >= 4 is 17.3 Å². The Morgan fingerprint density at radius 2 is 1.90 bits per heavy atom. The maximum atomic E-state index is 12.0. The highest BCUT2D eigenvalue weighted by atomic mass is 16.1. The summed E-state index contributed by atoms with van der Waals surface area (Å²) in [7, 11) is 0. The van der Waals surface area contributed by atoms with Crippen molar-refractivity contribution in [2.24, 2.45) is 0 Å². The quantitative estimate of drug-likeness (QED) is 0.872. The van der Waals surface area contributed by atoms with Gasteiger partial charge in [0, 0.05) is 29.8 Å². The molecule has 1 unspecified atom stereocenters. The molecule has 1 atom stereocenters. The van der Waals surface area contributed by atoms with Crippen LogP contribution in [0, 0.1) is 0 Å². The van der Waals surface area contributed by atoms with Crippen LogP contribution in [0.25, 0.3) is 0 Å². The summed E-state index contributed by atoms with van der Waals surface area (Å²) >= 11 is 0. The molecule has 0 radical (unpaired) electrons. The molecule has 0 fully saturated rings. The van der Waals surface area contributed by atoms with Crippen molar-refractivity contribution in [3.63, 3.8) is 0 Å². The van der Waals surface area contributed by atoms with E-state index in [0.717, 1.165) is 17.8 Å². The first kappa shape index (κ1) is 14.1. The molecule has 2 rings (SSSR count). The van der Waals surface area contributed by atoms with Crippen molar-refractivity contribution in [3.8, 4) is 0 Å². The molecule has 0 aliphatic carbocycles. The lowest BCUT2D eigenvalue weighted by Crippen LogP contribution is -2.14. The minimum atomic E-state index is -0.152. The van der Waals surface area contributed by atoms with Gasteiger partial charge in [-0.2, -0.15) is 0 Å². The van der Waals surface area contributed by atoms with Gasteiger partial charge in [0.25, 0.3) is 5.91 Å². The lowest BCUT2D eigenvalue weighted by molar-refractivity contribution is 0.102. The van der Waals surface area contributed by atoms with Gasteiger partial charge in [0.1, 0.15) is 0 Å². The van der Waals surface area contributed by atoms with E-state index in [1.165, 1.54) is 0 Å². The van der Waals surface area contributed by atoms with Crippen molar-refractivity contribution in [3.05, 3.63) is 54.4 Å². The fraction of sp³-hybridized carbons (Fsp3) is 0.250. The number of rotatable bonds is 5. The fourth-order valence-corrected chi connectivity index (χ4v) is 1.74. The molecule has 1 amide bonds. The van der Waals surface area contributed by atoms with E-state index >= 15 is 0 Å². The van der Waals surface area contributed by atoms with Gasteiger partial charge < -0.3 is 10.6 Å². The molecule has 0 saturated heterocycles. The summed E-state index contributed by atoms with van der Waals surface area (Å²) in [5.41, 5.74) is 2.38. The number of anilines is 2. The third kappa shape index (κ3) is 3.82. The van der Waals surface area contributed by atoms with Crippen LogP contribution in [0.2, 0.25) is 0 Å². The smallest absolute Gasteiger partial charge is 0.257 e. The molecule has 20 heavy (non-hydrogen) atoms. The summed E-state index contributed by atoms with van der Waals surface area (Å²) in [5, 5.41) is 6.23. The number of benzene rings is 1. The molecule has 0 aliphatic rings. The van der Waals surface area contributed by atoms with Gasteiger partial charge in [0.05, 0.1) is 5.56 Å². The number of carbonyl (C=O) groups is 1. The Morgan fingerprint density at radius 1 is 1.20 bits per heavy atom. The second kappa shape index (κ2) is 6.70. The Kier molecular flexibility index (Phi) is 4.71. The number of amides is 1. The zero-order valence-electron chi connectivity index (χ0n) is 11.8. The normalized spacial score (nSPS) is 11.7. The van der Waals surface area contributed by atoms with E-state index in [-0.39, 0.29) is 5.91 Å². The lowest BCUT2D eigenvalue weighted by Gasteiger charge is -2.13. The molecule has 2 N–H and O–H groups in total. The fourth-order valence-electron chi connectivity index (χ4n) is 1.74. The number of nitrogens with zero attached hydrogens (tertiary/aromatic N) is 1. The summed E-state index contributed by atoms with van der Waals surface area (Å²) in [5.74, 6) is -0.152. The minimum Gasteiger partial charge on any atom is -0.383 e. The van der Waals surface area contributed by atoms with E-state index < -0.39 is 0 Å². The van der Waals surface area contributed by atoms with E-state index in [4.69, 9.17) is 0 Å². The molecule has 0 bridgehead atoms. The molecular formula is C16H19N3O. The van der Waals surface area contributed by atoms with Gasteiger partial charge in [-0.1, -0.05) is 6.92 Å². The number of carbonyl (C=O) groups excluding carboxylic acids is 1. The highest BCUT2D eigenvalue weighted by Crippen LogP contribution is 2.15. The van der Waals surface area contributed by atoms with Crippen LogP contribution in [0.15, 0.2) is 48.8 Å². The predicted molar refractivity (Wildman–Crippen MR) is 82.0 cm³/mol. The molecule has 104 valence electrons. The van der Waals surface area contributed by atoms with Crippen molar-refractivity contribution in [2.45, 2.75) is 26.3 Å². The van der Waals surface area contributed by atoms with E-state index in [9.17, 15) is 4.79 Å². The maximum Gasteiger partial charge on any atom is 0.257 e. The Morgan fingerprint density at radius 3 is 2.50 bits per heavy atom. The monoisotopic (exact) mass is 269 g/mol. The second-order valence-electron chi connectivity index (χ2n) is 4.73. The topological polar surface area (TPSA) is 54.0 Å². The third-order valence-electron chi connectivity index (χ3n) is 3.09. The van der Waals surface area contributed by atoms with Gasteiger partial charge in [-0.3, -0.25) is 9.78 Å². The van der Waals surface area contributed by atoms with E-state index in [1.54, 1.807) is 24.5 Å². The van der Waals surface area contributed by atoms with E-state index in [0.29, 0.717) is 11.6 Å². The number of hydrogen-bond donors (Lipinski definition) is 2. The standard InChI is InChI=1S/C16H19N3O/c1-3-12(2)18-14-6-8-15(9-7-14)19-16(20)13-5-4-10-17-11-13/h4-12,18H,3H2,1-2H3,(H,19,20). The highest BCUT2D eigenvalue weighted by Gasteiger charge is 2.05. The SMILES string of the molecule is CCC(C)Nc1ccc(NC(=O)c2cccnc2)cc1. The van der Waals surface area contributed by atoms with Crippen molar-refractivity contribution in [1.29, 1.82) is 0 Å².